The Morgan fingerprint density at radius 1 is 1.25 bits per heavy atom. The van der Waals surface area contributed by atoms with Crippen LogP contribution in [0.25, 0.3) is 0 Å². The lowest BCUT2D eigenvalue weighted by molar-refractivity contribution is 0.0600. The maximum absolute atomic E-state index is 11.4. The summed E-state index contributed by atoms with van der Waals surface area (Å²) < 4.78 is 9.98. The molecule has 0 amide bonds. The number of aromatic nitrogens is 2. The standard InChI is InChI=1S/C14H13N3O3/c1-19-14(18)10-5-7-16-12(8-10)11(15)9-20-13-4-2-3-6-17-13/h2-8,15H,9H2,1H3. The lowest BCUT2D eigenvalue weighted by Crippen LogP contribution is -2.14. The van der Waals surface area contributed by atoms with Crippen LogP contribution in [0, 0.1) is 5.41 Å². The van der Waals surface area contributed by atoms with Crippen molar-refractivity contribution >= 4 is 11.7 Å². The molecule has 0 aliphatic heterocycles. The minimum absolute atomic E-state index is 0.0225. The second-order valence-corrected chi connectivity index (χ2v) is 3.86. The van der Waals surface area contributed by atoms with Crippen molar-refractivity contribution in [1.82, 2.24) is 9.97 Å². The number of ether oxygens (including phenoxy) is 2. The molecule has 2 aromatic rings. The van der Waals surface area contributed by atoms with E-state index in [4.69, 9.17) is 10.1 Å². The molecule has 0 aliphatic carbocycles. The van der Waals surface area contributed by atoms with Gasteiger partial charge in [-0.05, 0) is 18.2 Å². The summed E-state index contributed by atoms with van der Waals surface area (Å²) in [6.07, 6.45) is 3.06. The van der Waals surface area contributed by atoms with E-state index in [9.17, 15) is 4.79 Å². The molecule has 1 N–H and O–H groups in total. The summed E-state index contributed by atoms with van der Waals surface area (Å²) in [6, 6.07) is 8.30. The summed E-state index contributed by atoms with van der Waals surface area (Å²) in [5, 5.41) is 7.91. The average molecular weight is 271 g/mol. The molecule has 102 valence electrons. The maximum Gasteiger partial charge on any atom is 0.337 e. The average Bonchev–Trinajstić information content (AvgIpc) is 2.53. The third-order valence-corrected chi connectivity index (χ3v) is 2.49. The largest absolute Gasteiger partial charge is 0.471 e. The van der Waals surface area contributed by atoms with E-state index in [0.717, 1.165) is 0 Å². The van der Waals surface area contributed by atoms with Gasteiger partial charge in [-0.15, -0.1) is 0 Å². The van der Waals surface area contributed by atoms with Crippen LogP contribution >= 0.6 is 0 Å². The van der Waals surface area contributed by atoms with Crippen LogP contribution < -0.4 is 4.74 Å². The quantitative estimate of drug-likeness (QED) is 0.661. The Bertz CT molecular complexity index is 614. The van der Waals surface area contributed by atoms with Gasteiger partial charge in [0, 0.05) is 18.5 Å². The SMILES string of the molecule is COC(=O)c1ccnc(C(=N)COc2ccccn2)c1. The number of hydrogen-bond acceptors (Lipinski definition) is 6. The van der Waals surface area contributed by atoms with Crippen LogP contribution in [0.4, 0.5) is 0 Å². The predicted octanol–water partition coefficient (Wildman–Crippen LogP) is 1.71. The number of carbonyl (C=O) groups is 1. The van der Waals surface area contributed by atoms with E-state index < -0.39 is 5.97 Å². The van der Waals surface area contributed by atoms with Crippen LogP contribution in [0.5, 0.6) is 5.88 Å². The molecule has 2 aromatic heterocycles. The second-order valence-electron chi connectivity index (χ2n) is 3.86. The molecule has 0 atom stereocenters. The fourth-order valence-electron chi connectivity index (χ4n) is 1.49. The molecule has 0 spiro atoms. The lowest BCUT2D eigenvalue weighted by Gasteiger charge is -2.07. The monoisotopic (exact) mass is 271 g/mol. The highest BCUT2D eigenvalue weighted by atomic mass is 16.5. The zero-order valence-electron chi connectivity index (χ0n) is 10.9. The lowest BCUT2D eigenvalue weighted by atomic mass is 10.2. The molecule has 6 heteroatoms. The highest BCUT2D eigenvalue weighted by Gasteiger charge is 2.10. The maximum atomic E-state index is 11.4. The van der Waals surface area contributed by atoms with Gasteiger partial charge in [0.05, 0.1) is 24.1 Å². The zero-order valence-corrected chi connectivity index (χ0v) is 10.9. The number of methoxy groups -OCH3 is 1. The first-order valence-electron chi connectivity index (χ1n) is 5.86. The van der Waals surface area contributed by atoms with Gasteiger partial charge >= 0.3 is 5.97 Å². The number of carbonyl (C=O) groups excluding carboxylic acids is 1. The van der Waals surface area contributed by atoms with Gasteiger partial charge in [0.25, 0.3) is 0 Å². The highest BCUT2D eigenvalue weighted by Crippen LogP contribution is 2.07. The Labute approximate surface area is 115 Å². The molecule has 20 heavy (non-hydrogen) atoms. The van der Waals surface area contributed by atoms with E-state index in [1.54, 1.807) is 24.4 Å². The van der Waals surface area contributed by atoms with Crippen molar-refractivity contribution in [2.24, 2.45) is 0 Å². The van der Waals surface area contributed by atoms with Gasteiger partial charge in [-0.3, -0.25) is 10.4 Å². The summed E-state index contributed by atoms with van der Waals surface area (Å²) in [4.78, 5) is 19.4. The van der Waals surface area contributed by atoms with Gasteiger partial charge in [0.15, 0.2) is 0 Å². The summed E-state index contributed by atoms with van der Waals surface area (Å²) >= 11 is 0. The van der Waals surface area contributed by atoms with Crippen LogP contribution in [0.1, 0.15) is 16.1 Å². The van der Waals surface area contributed by atoms with Crippen molar-refractivity contribution in [2.45, 2.75) is 0 Å². The van der Waals surface area contributed by atoms with Gasteiger partial charge in [-0.2, -0.15) is 0 Å². The van der Waals surface area contributed by atoms with E-state index in [2.05, 4.69) is 14.7 Å². The second kappa shape index (κ2) is 6.42. The van der Waals surface area contributed by atoms with Crippen molar-refractivity contribution < 1.29 is 14.3 Å². The van der Waals surface area contributed by atoms with Crippen LogP contribution in [0.3, 0.4) is 0 Å². The number of esters is 1. The van der Waals surface area contributed by atoms with Gasteiger partial charge in [0.2, 0.25) is 5.88 Å². The Kier molecular flexibility index (Phi) is 4.39. The van der Waals surface area contributed by atoms with Crippen molar-refractivity contribution in [3.63, 3.8) is 0 Å². The number of pyridine rings is 2. The van der Waals surface area contributed by atoms with Gasteiger partial charge in [0.1, 0.15) is 6.61 Å². The fourth-order valence-corrected chi connectivity index (χ4v) is 1.49. The van der Waals surface area contributed by atoms with Gasteiger partial charge in [-0.1, -0.05) is 6.07 Å². The molecule has 0 saturated carbocycles. The zero-order chi connectivity index (χ0) is 14.4. The summed E-state index contributed by atoms with van der Waals surface area (Å²) in [7, 11) is 1.30. The molecule has 0 radical (unpaired) electrons. The van der Waals surface area contributed by atoms with E-state index in [1.165, 1.54) is 25.4 Å². The number of rotatable bonds is 5. The minimum Gasteiger partial charge on any atom is -0.471 e. The van der Waals surface area contributed by atoms with E-state index in [0.29, 0.717) is 17.1 Å². The van der Waals surface area contributed by atoms with E-state index in [1.807, 2.05) is 0 Å². The van der Waals surface area contributed by atoms with E-state index in [-0.39, 0.29) is 12.3 Å². The van der Waals surface area contributed by atoms with Crippen LogP contribution in [-0.2, 0) is 4.74 Å². The Balaban J connectivity index is 2.04. The van der Waals surface area contributed by atoms with Crippen molar-refractivity contribution in [3.8, 4) is 5.88 Å². The highest BCUT2D eigenvalue weighted by molar-refractivity contribution is 5.99. The molecule has 0 unspecified atom stereocenters. The Hall–Kier alpha value is -2.76. The van der Waals surface area contributed by atoms with Gasteiger partial charge < -0.3 is 9.47 Å². The first-order chi connectivity index (χ1) is 9.70. The summed E-state index contributed by atoms with van der Waals surface area (Å²) in [6.45, 7) is 0.0225. The first kappa shape index (κ1) is 13.7. The summed E-state index contributed by atoms with van der Waals surface area (Å²) in [5.41, 5.74) is 0.866. The Morgan fingerprint density at radius 3 is 2.80 bits per heavy atom. The topological polar surface area (TPSA) is 85.2 Å². The molecular formula is C14H13N3O3. The van der Waals surface area contributed by atoms with Crippen LogP contribution in [0.2, 0.25) is 0 Å². The predicted molar refractivity (Wildman–Crippen MR) is 72.1 cm³/mol. The van der Waals surface area contributed by atoms with Crippen LogP contribution in [-0.4, -0.2) is 35.4 Å². The molecule has 0 fully saturated rings. The number of nitrogens with zero attached hydrogens (tertiary/aromatic N) is 2. The molecular weight excluding hydrogens is 258 g/mol. The number of hydrogen-bond donors (Lipinski definition) is 1. The number of nitrogens with one attached hydrogen (secondary N) is 1. The van der Waals surface area contributed by atoms with Crippen molar-refractivity contribution in [1.29, 1.82) is 5.41 Å². The minimum atomic E-state index is -0.466. The summed E-state index contributed by atoms with van der Waals surface area (Å²) in [5.74, 6) is -0.0338. The van der Waals surface area contributed by atoms with E-state index >= 15 is 0 Å². The van der Waals surface area contributed by atoms with Crippen LogP contribution in [0.15, 0.2) is 42.7 Å². The molecule has 2 heterocycles. The molecule has 2 rings (SSSR count). The molecule has 0 aromatic carbocycles. The molecule has 0 aliphatic rings. The first-order valence-corrected chi connectivity index (χ1v) is 5.86. The molecule has 6 nitrogen and oxygen atoms in total. The third kappa shape index (κ3) is 3.38. The van der Waals surface area contributed by atoms with Gasteiger partial charge in [-0.25, -0.2) is 9.78 Å². The Morgan fingerprint density at radius 2 is 2.10 bits per heavy atom. The smallest absolute Gasteiger partial charge is 0.337 e. The van der Waals surface area contributed by atoms with Crippen molar-refractivity contribution in [3.05, 3.63) is 54.0 Å². The fraction of sp³-hybridized carbons (Fsp3) is 0.143. The molecule has 0 bridgehead atoms. The third-order valence-electron chi connectivity index (χ3n) is 2.49. The van der Waals surface area contributed by atoms with Crippen molar-refractivity contribution in [2.75, 3.05) is 13.7 Å². The molecule has 0 saturated heterocycles. The normalized spacial score (nSPS) is 9.85.